The molecule has 3 amide bonds. The molecule has 0 fully saturated rings. The Balaban J connectivity index is 1.69. The number of fused-ring (bicyclic) bond motifs is 1. The van der Waals surface area contributed by atoms with Crippen molar-refractivity contribution < 1.29 is 14.3 Å². The number of ether oxygens (including phenoxy) is 1. The van der Waals surface area contributed by atoms with Crippen LogP contribution >= 0.6 is 0 Å². The van der Waals surface area contributed by atoms with Crippen molar-refractivity contribution in [3.05, 3.63) is 96.3 Å². The molecule has 4 rings (SSSR count). The minimum Gasteiger partial charge on any atom is -0.445 e. The Morgan fingerprint density at radius 2 is 1.74 bits per heavy atom. The summed E-state index contributed by atoms with van der Waals surface area (Å²) in [5.41, 5.74) is 2.68. The maximum atomic E-state index is 12.9. The number of nitrogens with zero attached hydrogens (tertiary/aromatic N) is 3. The fourth-order valence-corrected chi connectivity index (χ4v) is 3.59. The Morgan fingerprint density at radius 3 is 2.56 bits per heavy atom. The topological polar surface area (TPSA) is 118 Å². The molecule has 1 aromatic carbocycles. The quantitative estimate of drug-likeness (QED) is 0.384. The second-order valence-electron chi connectivity index (χ2n) is 7.41. The van der Waals surface area contributed by atoms with E-state index in [1.165, 1.54) is 0 Å². The summed E-state index contributed by atoms with van der Waals surface area (Å²) in [5.74, 6) is 0. The number of anilines is 1. The molecular formula is C25H24N6O3. The van der Waals surface area contributed by atoms with Crippen molar-refractivity contribution in [3.8, 4) is 0 Å². The van der Waals surface area contributed by atoms with Gasteiger partial charge in [-0.3, -0.25) is 15.0 Å². The van der Waals surface area contributed by atoms with E-state index in [0.29, 0.717) is 17.8 Å². The van der Waals surface area contributed by atoms with Crippen LogP contribution in [-0.4, -0.2) is 33.6 Å². The molecule has 9 heteroatoms. The van der Waals surface area contributed by atoms with Crippen LogP contribution in [0.3, 0.4) is 0 Å². The fraction of sp³-hybridized carbons (Fsp3) is 0.160. The average molecular weight is 457 g/mol. The van der Waals surface area contributed by atoms with E-state index in [0.717, 1.165) is 21.9 Å². The lowest BCUT2D eigenvalue weighted by atomic mass is 9.94. The molecule has 1 atom stereocenters. The zero-order chi connectivity index (χ0) is 23.8. The molecule has 0 aliphatic rings. The molecule has 9 nitrogen and oxygen atoms in total. The van der Waals surface area contributed by atoms with Crippen LogP contribution in [0.15, 0.2) is 79.6 Å². The molecule has 4 aromatic rings. The van der Waals surface area contributed by atoms with E-state index in [9.17, 15) is 9.59 Å². The molecule has 1 unspecified atom stereocenters. The van der Waals surface area contributed by atoms with Gasteiger partial charge < -0.3 is 20.7 Å². The van der Waals surface area contributed by atoms with Crippen molar-refractivity contribution in [1.82, 2.24) is 25.6 Å². The maximum absolute atomic E-state index is 12.9. The largest absolute Gasteiger partial charge is 0.445 e. The van der Waals surface area contributed by atoms with E-state index in [1.54, 1.807) is 49.3 Å². The molecule has 0 saturated heterocycles. The third-order valence-corrected chi connectivity index (χ3v) is 5.13. The van der Waals surface area contributed by atoms with Gasteiger partial charge in [-0.15, -0.1) is 0 Å². The average Bonchev–Trinajstić information content (AvgIpc) is 2.87. The van der Waals surface area contributed by atoms with E-state index >= 15 is 0 Å². The minimum absolute atomic E-state index is 0.0733. The third-order valence-electron chi connectivity index (χ3n) is 5.13. The number of rotatable bonds is 7. The van der Waals surface area contributed by atoms with Crippen molar-refractivity contribution in [2.75, 3.05) is 11.9 Å². The van der Waals surface area contributed by atoms with Gasteiger partial charge in [-0.2, -0.15) is 0 Å². The molecule has 3 N–H and O–H groups in total. The van der Waals surface area contributed by atoms with Crippen LogP contribution in [0.1, 0.15) is 29.7 Å². The number of alkyl carbamates (subject to hydrolysis) is 1. The highest BCUT2D eigenvalue weighted by molar-refractivity contribution is 5.91. The lowest BCUT2D eigenvalue weighted by Gasteiger charge is -2.23. The lowest BCUT2D eigenvalue weighted by Crippen LogP contribution is -2.32. The minimum atomic E-state index is -0.644. The molecular weight excluding hydrogens is 432 g/mol. The maximum Gasteiger partial charge on any atom is 0.408 e. The number of aromatic nitrogens is 3. The van der Waals surface area contributed by atoms with Gasteiger partial charge in [0.1, 0.15) is 6.61 Å². The number of urea groups is 1. The number of hydrogen-bond donors (Lipinski definition) is 3. The highest BCUT2D eigenvalue weighted by atomic mass is 16.5. The van der Waals surface area contributed by atoms with Crippen LogP contribution in [0.2, 0.25) is 0 Å². The Kier molecular flexibility index (Phi) is 7.24. The summed E-state index contributed by atoms with van der Waals surface area (Å²) >= 11 is 0. The second kappa shape index (κ2) is 10.9. The molecule has 172 valence electrons. The summed E-state index contributed by atoms with van der Waals surface area (Å²) in [4.78, 5) is 37.5. The number of pyridine rings is 3. The Labute approximate surface area is 196 Å². The van der Waals surface area contributed by atoms with Gasteiger partial charge in [0.05, 0.1) is 17.9 Å². The van der Waals surface area contributed by atoms with Crippen molar-refractivity contribution in [2.45, 2.75) is 19.6 Å². The molecule has 0 spiro atoms. The van der Waals surface area contributed by atoms with Crippen LogP contribution in [0.25, 0.3) is 10.8 Å². The summed E-state index contributed by atoms with van der Waals surface area (Å²) < 4.78 is 5.45. The summed E-state index contributed by atoms with van der Waals surface area (Å²) in [6.07, 6.45) is 9.29. The van der Waals surface area contributed by atoms with E-state index in [-0.39, 0.29) is 12.6 Å². The zero-order valence-electron chi connectivity index (χ0n) is 18.6. The van der Waals surface area contributed by atoms with Gasteiger partial charge in [0.15, 0.2) is 0 Å². The smallest absolute Gasteiger partial charge is 0.408 e. The monoisotopic (exact) mass is 456 g/mol. The number of benzene rings is 1. The van der Waals surface area contributed by atoms with E-state index in [4.69, 9.17) is 4.74 Å². The molecule has 0 saturated carbocycles. The van der Waals surface area contributed by atoms with Gasteiger partial charge in [-0.05, 0) is 36.1 Å². The van der Waals surface area contributed by atoms with Gasteiger partial charge in [0.2, 0.25) is 0 Å². The summed E-state index contributed by atoms with van der Waals surface area (Å²) in [6, 6.07) is 12.0. The lowest BCUT2D eigenvalue weighted by molar-refractivity contribution is 0.137. The van der Waals surface area contributed by atoms with Crippen LogP contribution in [0.5, 0.6) is 0 Å². The van der Waals surface area contributed by atoms with E-state index < -0.39 is 12.1 Å². The molecule has 0 aliphatic heterocycles. The first-order valence-electron chi connectivity index (χ1n) is 10.8. The molecule has 0 radical (unpaired) electrons. The normalized spacial score (nSPS) is 11.4. The standard InChI is InChI=1S/C25H24N6O3/c1-2-29-24(32)30-22-15-28-12-9-20(22)23(19-7-3-6-18-8-11-27-14-21(18)19)31-25(33)34-16-17-5-4-10-26-13-17/h3-15,23H,2,16H2,1H3,(H,31,33)(H2,29,30,32). The number of carbonyl (C=O) groups excluding carboxylic acids is 2. The number of hydrogen-bond acceptors (Lipinski definition) is 6. The first-order valence-corrected chi connectivity index (χ1v) is 10.8. The number of carbonyl (C=O) groups is 2. The van der Waals surface area contributed by atoms with Crippen LogP contribution < -0.4 is 16.0 Å². The summed E-state index contributed by atoms with van der Waals surface area (Å²) in [6.45, 7) is 2.37. The highest BCUT2D eigenvalue weighted by Gasteiger charge is 2.23. The Hall–Kier alpha value is -4.53. The van der Waals surface area contributed by atoms with Gasteiger partial charge in [-0.25, -0.2) is 9.59 Å². The van der Waals surface area contributed by atoms with Crippen LogP contribution in [-0.2, 0) is 11.3 Å². The van der Waals surface area contributed by atoms with E-state index in [2.05, 4.69) is 30.9 Å². The molecule has 0 aliphatic carbocycles. The first kappa shape index (κ1) is 22.7. The number of nitrogens with one attached hydrogen (secondary N) is 3. The van der Waals surface area contributed by atoms with Gasteiger partial charge in [-0.1, -0.05) is 24.3 Å². The van der Waals surface area contributed by atoms with Crippen molar-refractivity contribution >= 4 is 28.6 Å². The molecule has 3 aromatic heterocycles. The second-order valence-corrected chi connectivity index (χ2v) is 7.41. The SMILES string of the molecule is CCNC(=O)Nc1cnccc1C(NC(=O)OCc1cccnc1)c1cccc2ccncc12. The Morgan fingerprint density at radius 1 is 0.912 bits per heavy atom. The zero-order valence-corrected chi connectivity index (χ0v) is 18.6. The van der Waals surface area contributed by atoms with Crippen LogP contribution in [0.4, 0.5) is 15.3 Å². The van der Waals surface area contributed by atoms with E-state index in [1.807, 2.05) is 37.3 Å². The number of amides is 3. The van der Waals surface area contributed by atoms with Crippen molar-refractivity contribution in [3.63, 3.8) is 0 Å². The summed E-state index contributed by atoms with van der Waals surface area (Å²) in [5, 5.41) is 10.3. The predicted molar refractivity (Wildman–Crippen MR) is 128 cm³/mol. The molecule has 3 heterocycles. The predicted octanol–water partition coefficient (Wildman–Crippen LogP) is 4.18. The summed E-state index contributed by atoms with van der Waals surface area (Å²) in [7, 11) is 0. The fourth-order valence-electron chi connectivity index (χ4n) is 3.59. The Bertz CT molecular complexity index is 1280. The van der Waals surface area contributed by atoms with Gasteiger partial charge in [0.25, 0.3) is 0 Å². The van der Waals surface area contributed by atoms with Crippen LogP contribution in [0, 0.1) is 0 Å². The highest BCUT2D eigenvalue weighted by Crippen LogP contribution is 2.32. The van der Waals surface area contributed by atoms with Crippen molar-refractivity contribution in [1.29, 1.82) is 0 Å². The molecule has 34 heavy (non-hydrogen) atoms. The third kappa shape index (κ3) is 5.44. The van der Waals surface area contributed by atoms with Crippen molar-refractivity contribution in [2.24, 2.45) is 0 Å². The van der Waals surface area contributed by atoms with Gasteiger partial charge >= 0.3 is 12.1 Å². The molecule has 0 bridgehead atoms. The first-order chi connectivity index (χ1) is 16.7. The van der Waals surface area contributed by atoms with Gasteiger partial charge in [0, 0.05) is 54.0 Å².